The third-order valence-corrected chi connectivity index (χ3v) is 5.20. The fourth-order valence-electron chi connectivity index (χ4n) is 3.05. The Bertz CT molecular complexity index is 1170. The van der Waals surface area contributed by atoms with Crippen LogP contribution in [0.3, 0.4) is 0 Å². The summed E-state index contributed by atoms with van der Waals surface area (Å²) in [7, 11) is 0. The summed E-state index contributed by atoms with van der Waals surface area (Å²) in [4.78, 5) is 45.9. The maximum absolute atomic E-state index is 12.6. The normalized spacial score (nSPS) is 10.8. The number of nitrogens with zero attached hydrogens (tertiary/aromatic N) is 2. The van der Waals surface area contributed by atoms with Crippen LogP contribution in [0.1, 0.15) is 34.2 Å². The van der Waals surface area contributed by atoms with E-state index in [1.807, 2.05) is 26.8 Å². The lowest BCUT2D eigenvalue weighted by atomic mass is 10.1. The molecule has 2 amide bonds. The average Bonchev–Trinajstić information content (AvgIpc) is 2.71. The van der Waals surface area contributed by atoms with Crippen molar-refractivity contribution in [2.45, 2.75) is 27.3 Å². The predicted octanol–water partition coefficient (Wildman–Crippen LogP) is 2.97. The highest BCUT2D eigenvalue weighted by atomic mass is 35.5. The van der Waals surface area contributed by atoms with Crippen molar-refractivity contribution in [1.29, 1.82) is 0 Å². The van der Waals surface area contributed by atoms with Crippen LogP contribution < -0.4 is 10.9 Å². The third-order valence-electron chi connectivity index (χ3n) is 4.96. The van der Waals surface area contributed by atoms with Gasteiger partial charge >= 0.3 is 0 Å². The largest absolute Gasteiger partial charge is 0.343 e. The summed E-state index contributed by atoms with van der Waals surface area (Å²) in [6.07, 6.45) is 0. The van der Waals surface area contributed by atoms with Crippen LogP contribution in [0, 0.1) is 13.8 Å². The second-order valence-corrected chi connectivity index (χ2v) is 7.50. The molecule has 7 nitrogen and oxygen atoms in total. The van der Waals surface area contributed by atoms with Gasteiger partial charge in [0.05, 0.1) is 24.0 Å². The number of hydrogen-bond donors (Lipinski definition) is 2. The number of aromatic amines is 1. The van der Waals surface area contributed by atoms with E-state index in [4.69, 9.17) is 11.6 Å². The van der Waals surface area contributed by atoms with Crippen molar-refractivity contribution in [2.75, 3.05) is 13.1 Å². The molecule has 0 bridgehead atoms. The van der Waals surface area contributed by atoms with Gasteiger partial charge in [0.25, 0.3) is 11.5 Å². The number of carbonyl (C=O) groups excluding carboxylic acids is 2. The summed E-state index contributed by atoms with van der Waals surface area (Å²) in [6.45, 7) is 6.09. The van der Waals surface area contributed by atoms with E-state index in [2.05, 4.69) is 15.3 Å². The standard InChI is InChI=1S/C22H23ClN4O3/c1-4-27(12-19-25-18-10-16(23)7-8-17(18)22(30)26-19)20(28)11-24-21(29)15-6-5-13(2)14(3)9-15/h5-10H,4,11-12H2,1-3H3,(H,24,29)(H,25,26,30). The van der Waals surface area contributed by atoms with Gasteiger partial charge in [-0.15, -0.1) is 0 Å². The Kier molecular flexibility index (Phi) is 6.52. The first-order chi connectivity index (χ1) is 14.3. The molecule has 0 atom stereocenters. The van der Waals surface area contributed by atoms with Crippen LogP contribution in [0.15, 0.2) is 41.2 Å². The molecule has 1 aromatic heterocycles. The van der Waals surface area contributed by atoms with Gasteiger partial charge in [-0.25, -0.2) is 4.98 Å². The van der Waals surface area contributed by atoms with E-state index in [1.165, 1.54) is 4.90 Å². The average molecular weight is 427 g/mol. The fraction of sp³-hybridized carbons (Fsp3) is 0.273. The smallest absolute Gasteiger partial charge is 0.258 e. The number of nitrogens with one attached hydrogen (secondary N) is 2. The molecule has 156 valence electrons. The topological polar surface area (TPSA) is 95.2 Å². The second-order valence-electron chi connectivity index (χ2n) is 7.06. The Labute approximate surface area is 179 Å². The van der Waals surface area contributed by atoms with Crippen molar-refractivity contribution in [2.24, 2.45) is 0 Å². The first-order valence-corrected chi connectivity index (χ1v) is 9.98. The lowest BCUT2D eigenvalue weighted by molar-refractivity contribution is -0.130. The molecule has 0 aliphatic carbocycles. The van der Waals surface area contributed by atoms with Crippen LogP contribution in [0.2, 0.25) is 5.02 Å². The van der Waals surface area contributed by atoms with Gasteiger partial charge in [0.15, 0.2) is 0 Å². The monoisotopic (exact) mass is 426 g/mol. The summed E-state index contributed by atoms with van der Waals surface area (Å²) < 4.78 is 0. The molecule has 0 radical (unpaired) electrons. The first-order valence-electron chi connectivity index (χ1n) is 9.60. The van der Waals surface area contributed by atoms with Gasteiger partial charge in [-0.05, 0) is 62.2 Å². The quantitative estimate of drug-likeness (QED) is 0.633. The predicted molar refractivity (Wildman–Crippen MR) is 117 cm³/mol. The summed E-state index contributed by atoms with van der Waals surface area (Å²) in [5.41, 5.74) is 2.78. The molecule has 8 heteroatoms. The fourth-order valence-corrected chi connectivity index (χ4v) is 3.21. The zero-order valence-electron chi connectivity index (χ0n) is 17.1. The Morgan fingerprint density at radius 1 is 1.13 bits per heavy atom. The summed E-state index contributed by atoms with van der Waals surface area (Å²) in [5, 5.41) is 3.56. The minimum Gasteiger partial charge on any atom is -0.343 e. The molecule has 2 N–H and O–H groups in total. The van der Waals surface area contributed by atoms with Crippen LogP contribution in [0.25, 0.3) is 10.9 Å². The Morgan fingerprint density at radius 3 is 2.60 bits per heavy atom. The van der Waals surface area contributed by atoms with E-state index in [0.717, 1.165) is 11.1 Å². The number of rotatable bonds is 6. The summed E-state index contributed by atoms with van der Waals surface area (Å²) >= 11 is 5.99. The zero-order chi connectivity index (χ0) is 21.8. The highest BCUT2D eigenvalue weighted by Crippen LogP contribution is 2.15. The van der Waals surface area contributed by atoms with Gasteiger partial charge in [-0.3, -0.25) is 14.4 Å². The number of aryl methyl sites for hydroxylation is 2. The number of carbonyl (C=O) groups is 2. The maximum atomic E-state index is 12.6. The second kappa shape index (κ2) is 9.09. The SMILES string of the molecule is CCN(Cc1nc2cc(Cl)ccc2c(=O)[nH]1)C(=O)CNC(=O)c1ccc(C)c(C)c1. The van der Waals surface area contributed by atoms with E-state index in [0.29, 0.717) is 33.9 Å². The minimum absolute atomic E-state index is 0.118. The molecule has 1 heterocycles. The number of likely N-dealkylation sites (N-methyl/N-ethyl adjacent to an activating group) is 1. The molecule has 2 aromatic carbocycles. The van der Waals surface area contributed by atoms with Gasteiger partial charge in [0.2, 0.25) is 5.91 Å². The lowest BCUT2D eigenvalue weighted by Crippen LogP contribution is -2.40. The highest BCUT2D eigenvalue weighted by molar-refractivity contribution is 6.31. The van der Waals surface area contributed by atoms with Gasteiger partial charge in [0, 0.05) is 17.1 Å². The molecule has 3 rings (SSSR count). The molecule has 3 aromatic rings. The molecule has 0 aliphatic heterocycles. The van der Waals surface area contributed by atoms with Gasteiger partial charge in [0.1, 0.15) is 5.82 Å². The zero-order valence-corrected chi connectivity index (χ0v) is 17.8. The Morgan fingerprint density at radius 2 is 1.90 bits per heavy atom. The number of amides is 2. The van der Waals surface area contributed by atoms with Crippen molar-refractivity contribution in [3.05, 3.63) is 74.3 Å². The van der Waals surface area contributed by atoms with Gasteiger partial charge in [-0.1, -0.05) is 17.7 Å². The van der Waals surface area contributed by atoms with Crippen LogP contribution in [-0.4, -0.2) is 39.8 Å². The molecule has 0 spiro atoms. The van der Waals surface area contributed by atoms with E-state index >= 15 is 0 Å². The summed E-state index contributed by atoms with van der Waals surface area (Å²) in [6, 6.07) is 10.2. The van der Waals surface area contributed by atoms with Gasteiger partial charge in [-0.2, -0.15) is 0 Å². The number of H-pyrrole nitrogens is 1. The Balaban J connectivity index is 1.69. The van der Waals surface area contributed by atoms with Crippen molar-refractivity contribution < 1.29 is 9.59 Å². The molecule has 0 saturated heterocycles. The summed E-state index contributed by atoms with van der Waals surface area (Å²) in [5.74, 6) is -0.233. The van der Waals surface area contributed by atoms with Crippen molar-refractivity contribution >= 4 is 34.3 Å². The molecule has 0 saturated carbocycles. The maximum Gasteiger partial charge on any atom is 0.258 e. The van der Waals surface area contributed by atoms with Gasteiger partial charge < -0.3 is 15.2 Å². The van der Waals surface area contributed by atoms with E-state index in [-0.39, 0.29) is 30.5 Å². The van der Waals surface area contributed by atoms with E-state index in [9.17, 15) is 14.4 Å². The van der Waals surface area contributed by atoms with Crippen LogP contribution in [-0.2, 0) is 11.3 Å². The lowest BCUT2D eigenvalue weighted by Gasteiger charge is -2.20. The van der Waals surface area contributed by atoms with Crippen molar-refractivity contribution in [3.8, 4) is 0 Å². The molecular formula is C22H23ClN4O3. The molecule has 0 aliphatic rings. The minimum atomic E-state index is -0.311. The molecule has 0 fully saturated rings. The number of halogens is 1. The van der Waals surface area contributed by atoms with E-state index < -0.39 is 0 Å². The third kappa shape index (κ3) is 4.86. The highest BCUT2D eigenvalue weighted by Gasteiger charge is 2.16. The van der Waals surface area contributed by atoms with E-state index in [1.54, 1.807) is 30.3 Å². The number of benzene rings is 2. The number of aromatic nitrogens is 2. The van der Waals surface area contributed by atoms with Crippen molar-refractivity contribution in [3.63, 3.8) is 0 Å². The molecular weight excluding hydrogens is 404 g/mol. The van der Waals surface area contributed by atoms with Crippen LogP contribution >= 0.6 is 11.6 Å². The number of hydrogen-bond acceptors (Lipinski definition) is 4. The first kappa shape index (κ1) is 21.5. The van der Waals surface area contributed by atoms with Crippen LogP contribution in [0.5, 0.6) is 0 Å². The Hall–Kier alpha value is -3.19. The van der Waals surface area contributed by atoms with Crippen LogP contribution in [0.4, 0.5) is 0 Å². The molecule has 0 unspecified atom stereocenters. The van der Waals surface area contributed by atoms with Crippen molar-refractivity contribution in [1.82, 2.24) is 20.2 Å². The molecule has 30 heavy (non-hydrogen) atoms. The number of fused-ring (bicyclic) bond motifs is 1.